The summed E-state index contributed by atoms with van der Waals surface area (Å²) in [6.07, 6.45) is 7.45. The number of Topliss-reactive ketones (excluding diaryl/α,β-unsaturated/α-hetero) is 1. The highest BCUT2D eigenvalue weighted by atomic mass is 35.5. The van der Waals surface area contributed by atoms with E-state index in [1.54, 1.807) is 41.3 Å². The third-order valence-electron chi connectivity index (χ3n) is 7.16. The van der Waals surface area contributed by atoms with Crippen LogP contribution in [0.2, 0.25) is 20.1 Å². The average molecular weight is 630 g/mol. The van der Waals surface area contributed by atoms with E-state index >= 15 is 0 Å². The summed E-state index contributed by atoms with van der Waals surface area (Å²) in [4.78, 5) is 29.9. The number of unbranched alkanes of at least 4 members (excludes halogenated alkanes) is 2. The van der Waals surface area contributed by atoms with Crippen molar-refractivity contribution in [1.29, 1.82) is 0 Å². The second-order valence-corrected chi connectivity index (χ2v) is 11.8. The summed E-state index contributed by atoms with van der Waals surface area (Å²) in [5, 5.41) is 1.61. The van der Waals surface area contributed by atoms with E-state index in [0.717, 1.165) is 30.4 Å². The maximum Gasteiger partial charge on any atom is 0.240 e. The van der Waals surface area contributed by atoms with Crippen LogP contribution < -0.4 is 5.73 Å². The topological polar surface area (TPSA) is 63.4 Å². The van der Waals surface area contributed by atoms with Crippen LogP contribution in [-0.4, -0.2) is 35.2 Å². The number of nitrogens with two attached hydrogens (primary N) is 1. The van der Waals surface area contributed by atoms with Crippen LogP contribution in [0.3, 0.4) is 0 Å². The maximum absolute atomic E-state index is 14.1. The molecular weight excluding hydrogens is 598 g/mol. The highest BCUT2D eigenvalue weighted by Crippen LogP contribution is 2.33. The molecule has 4 nitrogen and oxygen atoms in total. The SMILES string of the molecule is CCCCC[C@@H]1/C(=C\c2ccc(Cl)c(Cl)c2)C(=O)/C(=C/c2ccc(Cl)c(Cl)c2)CN1C(=O)[C@@H](N)Cc1ccccc1. The van der Waals surface area contributed by atoms with Gasteiger partial charge < -0.3 is 10.6 Å². The lowest BCUT2D eigenvalue weighted by molar-refractivity contribution is -0.135. The smallest absolute Gasteiger partial charge is 0.240 e. The van der Waals surface area contributed by atoms with Gasteiger partial charge in [0.2, 0.25) is 5.91 Å². The van der Waals surface area contributed by atoms with Crippen molar-refractivity contribution in [3.8, 4) is 0 Å². The van der Waals surface area contributed by atoms with Crippen LogP contribution >= 0.6 is 46.4 Å². The van der Waals surface area contributed by atoms with Gasteiger partial charge >= 0.3 is 0 Å². The van der Waals surface area contributed by atoms with E-state index < -0.39 is 12.1 Å². The van der Waals surface area contributed by atoms with E-state index in [1.165, 1.54) is 0 Å². The van der Waals surface area contributed by atoms with Crippen molar-refractivity contribution in [3.05, 3.63) is 115 Å². The number of likely N-dealkylation sites (tertiary alicyclic amines) is 1. The minimum absolute atomic E-state index is 0.135. The fourth-order valence-electron chi connectivity index (χ4n) is 5.03. The van der Waals surface area contributed by atoms with Crippen LogP contribution in [0.25, 0.3) is 12.2 Å². The predicted octanol–water partition coefficient (Wildman–Crippen LogP) is 8.70. The number of halogens is 4. The van der Waals surface area contributed by atoms with E-state index in [-0.39, 0.29) is 18.2 Å². The van der Waals surface area contributed by atoms with Crippen LogP contribution in [0.1, 0.15) is 49.3 Å². The highest BCUT2D eigenvalue weighted by Gasteiger charge is 2.39. The van der Waals surface area contributed by atoms with Crippen molar-refractivity contribution < 1.29 is 9.59 Å². The molecule has 0 aromatic heterocycles. The number of hydrogen-bond acceptors (Lipinski definition) is 3. The summed E-state index contributed by atoms with van der Waals surface area (Å²) >= 11 is 24.8. The summed E-state index contributed by atoms with van der Waals surface area (Å²) in [7, 11) is 0. The predicted molar refractivity (Wildman–Crippen MR) is 172 cm³/mol. The fraction of sp³-hybridized carbons (Fsp3) is 0.273. The molecule has 0 unspecified atom stereocenters. The number of carbonyl (C=O) groups excluding carboxylic acids is 2. The van der Waals surface area contributed by atoms with Crippen molar-refractivity contribution in [2.75, 3.05) is 6.54 Å². The third kappa shape index (κ3) is 8.03. The Morgan fingerprint density at radius 3 is 2.10 bits per heavy atom. The van der Waals surface area contributed by atoms with Crippen molar-refractivity contribution in [1.82, 2.24) is 4.90 Å². The minimum atomic E-state index is -0.767. The molecule has 3 aromatic carbocycles. The standard InChI is InChI=1S/C33H32Cl4N2O2/c1-2-3-5-10-31-25(16-23-12-14-27(35)29(37)18-23)32(40)24(15-22-11-13-26(34)28(36)17-22)20-39(31)33(41)30(38)19-21-8-6-4-7-9-21/h4,6-9,11-18,30-31H,2-3,5,10,19-20,38H2,1H3/b24-15+,25-16+/t30-,31+/m0/s1. The number of amides is 1. The first-order chi connectivity index (χ1) is 19.7. The average Bonchev–Trinajstić information content (AvgIpc) is 2.96. The third-order valence-corrected chi connectivity index (χ3v) is 8.64. The molecule has 214 valence electrons. The molecule has 4 rings (SSSR count). The molecule has 0 radical (unpaired) electrons. The van der Waals surface area contributed by atoms with Crippen LogP contribution in [-0.2, 0) is 16.0 Å². The Kier molecular flexibility index (Phi) is 11.1. The highest BCUT2D eigenvalue weighted by molar-refractivity contribution is 6.42. The molecule has 1 saturated heterocycles. The molecule has 1 aliphatic heterocycles. The molecule has 1 heterocycles. The van der Waals surface area contributed by atoms with Gasteiger partial charge in [0.15, 0.2) is 5.78 Å². The van der Waals surface area contributed by atoms with Crippen molar-refractivity contribution in [2.45, 2.75) is 51.1 Å². The number of ketones is 1. The molecular formula is C33H32Cl4N2O2. The molecule has 0 spiro atoms. The van der Waals surface area contributed by atoms with Gasteiger partial charge in [-0.05, 0) is 65.9 Å². The molecule has 0 bridgehead atoms. The Morgan fingerprint density at radius 1 is 0.902 bits per heavy atom. The van der Waals surface area contributed by atoms with Gasteiger partial charge in [0.1, 0.15) is 0 Å². The van der Waals surface area contributed by atoms with Crippen LogP contribution in [0.4, 0.5) is 0 Å². The molecule has 41 heavy (non-hydrogen) atoms. The normalized spacial score (nSPS) is 18.2. The van der Waals surface area contributed by atoms with Crippen molar-refractivity contribution >= 4 is 70.2 Å². The van der Waals surface area contributed by atoms with Gasteiger partial charge in [-0.1, -0.05) is 115 Å². The summed E-state index contributed by atoms with van der Waals surface area (Å²) in [6, 6.07) is 18.9. The lowest BCUT2D eigenvalue weighted by Crippen LogP contribution is -2.54. The second-order valence-electron chi connectivity index (χ2n) is 10.2. The summed E-state index contributed by atoms with van der Waals surface area (Å²) in [5.41, 5.74) is 9.90. The van der Waals surface area contributed by atoms with Gasteiger partial charge in [-0.25, -0.2) is 0 Å². The van der Waals surface area contributed by atoms with Crippen LogP contribution in [0, 0.1) is 0 Å². The summed E-state index contributed by atoms with van der Waals surface area (Å²) in [5.74, 6) is -0.341. The number of hydrogen-bond donors (Lipinski definition) is 1. The van der Waals surface area contributed by atoms with E-state index in [9.17, 15) is 9.59 Å². The maximum atomic E-state index is 14.1. The zero-order valence-corrected chi connectivity index (χ0v) is 25.8. The molecule has 1 fully saturated rings. The molecule has 8 heteroatoms. The monoisotopic (exact) mass is 628 g/mol. The molecule has 2 N–H and O–H groups in total. The largest absolute Gasteiger partial charge is 0.330 e. The molecule has 1 aliphatic rings. The van der Waals surface area contributed by atoms with Gasteiger partial charge in [0.25, 0.3) is 0 Å². The zero-order valence-electron chi connectivity index (χ0n) is 22.8. The van der Waals surface area contributed by atoms with Crippen LogP contribution in [0.15, 0.2) is 77.9 Å². The number of rotatable bonds is 9. The Balaban J connectivity index is 1.79. The Bertz CT molecular complexity index is 1470. The Hall–Kier alpha value is -2.60. The van der Waals surface area contributed by atoms with E-state index in [1.807, 2.05) is 42.5 Å². The summed E-state index contributed by atoms with van der Waals surface area (Å²) < 4.78 is 0. The lowest BCUT2D eigenvalue weighted by atomic mass is 9.85. The number of carbonyl (C=O) groups is 2. The quantitative estimate of drug-likeness (QED) is 0.190. The minimum Gasteiger partial charge on any atom is -0.330 e. The van der Waals surface area contributed by atoms with Crippen molar-refractivity contribution in [3.63, 3.8) is 0 Å². The number of benzene rings is 3. The molecule has 0 aliphatic carbocycles. The Labute approximate surface area is 261 Å². The van der Waals surface area contributed by atoms with Gasteiger partial charge in [0, 0.05) is 11.1 Å². The molecule has 2 atom stereocenters. The fourth-order valence-corrected chi connectivity index (χ4v) is 5.64. The molecule has 3 aromatic rings. The van der Waals surface area contributed by atoms with Gasteiger partial charge in [-0.3, -0.25) is 9.59 Å². The first-order valence-corrected chi connectivity index (χ1v) is 15.2. The zero-order chi connectivity index (χ0) is 29.5. The molecule has 0 saturated carbocycles. The van der Waals surface area contributed by atoms with Gasteiger partial charge in [0.05, 0.1) is 38.7 Å². The van der Waals surface area contributed by atoms with Crippen LogP contribution in [0.5, 0.6) is 0 Å². The Morgan fingerprint density at radius 2 is 1.51 bits per heavy atom. The number of nitrogens with zero attached hydrogens (tertiary/aromatic N) is 1. The second kappa shape index (κ2) is 14.5. The van der Waals surface area contributed by atoms with E-state index in [0.29, 0.717) is 49.6 Å². The molecule has 1 amide bonds. The lowest BCUT2D eigenvalue weighted by Gasteiger charge is -2.39. The number of piperidine rings is 1. The van der Waals surface area contributed by atoms with Crippen molar-refractivity contribution in [2.24, 2.45) is 5.73 Å². The van der Waals surface area contributed by atoms with E-state index in [4.69, 9.17) is 52.1 Å². The first-order valence-electron chi connectivity index (χ1n) is 13.6. The summed E-state index contributed by atoms with van der Waals surface area (Å²) in [6.45, 7) is 2.26. The first kappa shape index (κ1) is 31.3. The van der Waals surface area contributed by atoms with Gasteiger partial charge in [-0.15, -0.1) is 0 Å². The van der Waals surface area contributed by atoms with Gasteiger partial charge in [-0.2, -0.15) is 0 Å². The van der Waals surface area contributed by atoms with E-state index in [2.05, 4.69) is 6.92 Å².